The molecule has 5 heteroatoms. The molecule has 1 aromatic carbocycles. The molecule has 102 valence electrons. The van der Waals surface area contributed by atoms with Gasteiger partial charge in [0.05, 0.1) is 11.6 Å². The summed E-state index contributed by atoms with van der Waals surface area (Å²) in [5.41, 5.74) is 0.610. The predicted molar refractivity (Wildman–Crippen MR) is 76.4 cm³/mol. The molecule has 0 aliphatic carbocycles. The van der Waals surface area contributed by atoms with Crippen molar-refractivity contribution in [2.24, 2.45) is 0 Å². The Morgan fingerprint density at radius 1 is 1.32 bits per heavy atom. The highest BCUT2D eigenvalue weighted by Gasteiger charge is 2.15. The first-order valence-electron chi connectivity index (χ1n) is 6.39. The van der Waals surface area contributed by atoms with Crippen LogP contribution in [-0.4, -0.2) is 53.9 Å². The molecule has 1 fully saturated rings. The minimum absolute atomic E-state index is 0.287. The zero-order valence-corrected chi connectivity index (χ0v) is 11.6. The summed E-state index contributed by atoms with van der Waals surface area (Å²) in [6.45, 7) is 3.03. The maximum Gasteiger partial charge on any atom is 0.119 e. The molecule has 1 N–H and O–H groups in total. The lowest BCUT2D eigenvalue weighted by molar-refractivity contribution is 0.0715. The van der Waals surface area contributed by atoms with E-state index in [0.717, 1.165) is 24.6 Å². The second-order valence-corrected chi connectivity index (χ2v) is 5.74. The van der Waals surface area contributed by atoms with E-state index in [-0.39, 0.29) is 6.61 Å². The van der Waals surface area contributed by atoms with Crippen LogP contribution in [0.3, 0.4) is 0 Å². The summed E-state index contributed by atoms with van der Waals surface area (Å²) in [6, 6.07) is 8.99. The molecule has 0 amide bonds. The van der Waals surface area contributed by atoms with Crippen molar-refractivity contribution in [2.75, 3.05) is 37.7 Å². The van der Waals surface area contributed by atoms with Crippen LogP contribution in [0.15, 0.2) is 24.3 Å². The quantitative estimate of drug-likeness (QED) is 0.881. The Kier molecular flexibility index (Phi) is 5.52. The summed E-state index contributed by atoms with van der Waals surface area (Å²) in [6.07, 6.45) is -0.473. The number of thioether (sulfide) groups is 1. The topological polar surface area (TPSA) is 56.5 Å². The highest BCUT2D eigenvalue weighted by atomic mass is 32.2. The molecule has 1 saturated heterocycles. The number of rotatable bonds is 5. The van der Waals surface area contributed by atoms with E-state index in [0.29, 0.717) is 17.9 Å². The molecule has 4 nitrogen and oxygen atoms in total. The van der Waals surface area contributed by atoms with Crippen LogP contribution in [0.25, 0.3) is 0 Å². The Morgan fingerprint density at radius 2 is 2.00 bits per heavy atom. The Hall–Kier alpha value is -1.22. The third-order valence-electron chi connectivity index (χ3n) is 3.00. The predicted octanol–water partition coefficient (Wildman–Crippen LogP) is 1.35. The summed E-state index contributed by atoms with van der Waals surface area (Å²) >= 11 is 1.96. The molecule has 0 spiro atoms. The summed E-state index contributed by atoms with van der Waals surface area (Å²) in [4.78, 5) is 2.27. The smallest absolute Gasteiger partial charge is 0.119 e. The summed E-state index contributed by atoms with van der Waals surface area (Å²) in [5.74, 6) is 2.97. The van der Waals surface area contributed by atoms with Gasteiger partial charge in [0.1, 0.15) is 18.5 Å². The van der Waals surface area contributed by atoms with Crippen LogP contribution in [0.1, 0.15) is 5.56 Å². The number of hydrogen-bond donors (Lipinski definition) is 1. The van der Waals surface area contributed by atoms with Crippen LogP contribution in [0, 0.1) is 11.3 Å². The summed E-state index contributed by atoms with van der Waals surface area (Å²) in [5, 5.41) is 18.6. The number of nitrogens with zero attached hydrogens (tertiary/aromatic N) is 2. The van der Waals surface area contributed by atoms with Gasteiger partial charge < -0.3 is 9.84 Å². The largest absolute Gasteiger partial charge is 0.491 e. The van der Waals surface area contributed by atoms with Crippen LogP contribution in [-0.2, 0) is 0 Å². The minimum Gasteiger partial charge on any atom is -0.491 e. The van der Waals surface area contributed by atoms with E-state index in [9.17, 15) is 5.11 Å². The molecule has 1 heterocycles. The maximum absolute atomic E-state index is 9.94. The van der Waals surface area contributed by atoms with Crippen molar-refractivity contribution in [1.29, 1.82) is 5.26 Å². The van der Waals surface area contributed by atoms with Gasteiger partial charge in [0, 0.05) is 31.1 Å². The van der Waals surface area contributed by atoms with Crippen LogP contribution >= 0.6 is 11.8 Å². The lowest BCUT2D eigenvalue weighted by Gasteiger charge is -2.28. The van der Waals surface area contributed by atoms with Gasteiger partial charge >= 0.3 is 0 Å². The molecule has 1 unspecified atom stereocenters. The fraction of sp³-hybridized carbons (Fsp3) is 0.500. The average Bonchev–Trinajstić information content (AvgIpc) is 2.47. The first-order valence-corrected chi connectivity index (χ1v) is 7.54. The van der Waals surface area contributed by atoms with E-state index in [1.54, 1.807) is 24.3 Å². The van der Waals surface area contributed by atoms with Crippen molar-refractivity contribution < 1.29 is 9.84 Å². The van der Waals surface area contributed by atoms with Crippen molar-refractivity contribution in [2.45, 2.75) is 6.10 Å². The van der Waals surface area contributed by atoms with Gasteiger partial charge in [-0.2, -0.15) is 17.0 Å². The molecule has 2 rings (SSSR count). The van der Waals surface area contributed by atoms with Crippen molar-refractivity contribution in [3.8, 4) is 11.8 Å². The highest BCUT2D eigenvalue weighted by Crippen LogP contribution is 2.13. The van der Waals surface area contributed by atoms with Gasteiger partial charge in [-0.25, -0.2) is 0 Å². The van der Waals surface area contributed by atoms with E-state index >= 15 is 0 Å². The van der Waals surface area contributed by atoms with Crippen LogP contribution in [0.4, 0.5) is 0 Å². The molecule has 1 aliphatic heterocycles. The molecule has 0 saturated carbocycles. The second-order valence-electron chi connectivity index (χ2n) is 4.51. The van der Waals surface area contributed by atoms with Crippen molar-refractivity contribution >= 4 is 11.8 Å². The molecular formula is C14H18N2O2S. The fourth-order valence-electron chi connectivity index (χ4n) is 1.95. The first-order chi connectivity index (χ1) is 9.28. The zero-order chi connectivity index (χ0) is 13.5. The van der Waals surface area contributed by atoms with Crippen LogP contribution < -0.4 is 4.74 Å². The number of benzene rings is 1. The molecule has 19 heavy (non-hydrogen) atoms. The van der Waals surface area contributed by atoms with E-state index in [1.165, 1.54) is 0 Å². The average molecular weight is 278 g/mol. The molecule has 1 atom stereocenters. The first kappa shape index (κ1) is 14.2. The Balaban J connectivity index is 1.73. The van der Waals surface area contributed by atoms with Gasteiger partial charge in [-0.05, 0) is 24.3 Å². The Labute approximate surface area is 118 Å². The zero-order valence-electron chi connectivity index (χ0n) is 10.8. The maximum atomic E-state index is 9.94. The van der Waals surface area contributed by atoms with Gasteiger partial charge in [0.2, 0.25) is 0 Å². The molecule has 1 aliphatic rings. The van der Waals surface area contributed by atoms with E-state index in [1.807, 2.05) is 11.8 Å². The van der Waals surface area contributed by atoms with Gasteiger partial charge in [-0.15, -0.1) is 0 Å². The number of aliphatic hydroxyl groups excluding tert-OH is 1. The lowest BCUT2D eigenvalue weighted by atomic mass is 10.2. The van der Waals surface area contributed by atoms with Crippen LogP contribution in [0.2, 0.25) is 0 Å². The monoisotopic (exact) mass is 278 g/mol. The third-order valence-corrected chi connectivity index (χ3v) is 3.94. The van der Waals surface area contributed by atoms with Crippen molar-refractivity contribution in [3.05, 3.63) is 29.8 Å². The fourth-order valence-corrected chi connectivity index (χ4v) is 2.93. The number of hydrogen-bond acceptors (Lipinski definition) is 5. The molecule has 0 bridgehead atoms. The Bertz CT molecular complexity index is 424. The molecule has 0 radical (unpaired) electrons. The van der Waals surface area contributed by atoms with Gasteiger partial charge in [0.15, 0.2) is 0 Å². The molecule has 1 aromatic rings. The number of ether oxygens (including phenoxy) is 1. The van der Waals surface area contributed by atoms with Gasteiger partial charge in [-0.1, -0.05) is 0 Å². The molecular weight excluding hydrogens is 260 g/mol. The highest BCUT2D eigenvalue weighted by molar-refractivity contribution is 7.99. The number of β-amino-alcohol motifs (C(OH)–C–C–N with tert-alkyl or cyclic N) is 1. The number of aliphatic hydroxyl groups is 1. The standard InChI is InChI=1S/C14H18N2O2S/c15-9-12-1-3-14(4-2-12)18-11-13(17)10-16-5-7-19-8-6-16/h1-4,13,17H,5-8,10-11H2. The van der Waals surface area contributed by atoms with Crippen LogP contribution in [0.5, 0.6) is 5.75 Å². The van der Waals surface area contributed by atoms with Gasteiger partial charge in [0.25, 0.3) is 0 Å². The summed E-state index contributed by atoms with van der Waals surface area (Å²) in [7, 11) is 0. The lowest BCUT2D eigenvalue weighted by Crippen LogP contribution is -2.40. The summed E-state index contributed by atoms with van der Waals surface area (Å²) < 4.78 is 5.52. The van der Waals surface area contributed by atoms with E-state index < -0.39 is 6.10 Å². The molecule has 0 aromatic heterocycles. The van der Waals surface area contributed by atoms with Crippen molar-refractivity contribution in [3.63, 3.8) is 0 Å². The Morgan fingerprint density at radius 3 is 2.63 bits per heavy atom. The van der Waals surface area contributed by atoms with E-state index in [2.05, 4.69) is 11.0 Å². The van der Waals surface area contributed by atoms with Gasteiger partial charge in [-0.3, -0.25) is 4.90 Å². The SMILES string of the molecule is N#Cc1ccc(OCC(O)CN2CCSCC2)cc1. The number of nitriles is 1. The minimum atomic E-state index is -0.473. The van der Waals surface area contributed by atoms with Crippen molar-refractivity contribution in [1.82, 2.24) is 4.90 Å². The second kappa shape index (κ2) is 7.39. The van der Waals surface area contributed by atoms with E-state index in [4.69, 9.17) is 10.00 Å². The normalized spacial score (nSPS) is 17.7. The third kappa shape index (κ3) is 4.75.